The Balaban J connectivity index is 1.64. The van der Waals surface area contributed by atoms with Crippen molar-refractivity contribution < 1.29 is 9.47 Å². The molecule has 0 aromatic heterocycles. The molecule has 1 aromatic carbocycles. The summed E-state index contributed by atoms with van der Waals surface area (Å²) in [5.74, 6) is 1.88. The number of guanidine groups is 1. The van der Waals surface area contributed by atoms with Gasteiger partial charge in [0.15, 0.2) is 5.96 Å². The van der Waals surface area contributed by atoms with Crippen LogP contribution in [-0.2, 0) is 4.74 Å². The van der Waals surface area contributed by atoms with Crippen molar-refractivity contribution in [3.8, 4) is 5.75 Å². The van der Waals surface area contributed by atoms with Crippen molar-refractivity contribution in [3.05, 3.63) is 29.8 Å². The Morgan fingerprint density at radius 1 is 1.42 bits per heavy atom. The van der Waals surface area contributed by atoms with Gasteiger partial charge in [-0.15, -0.1) is 0 Å². The van der Waals surface area contributed by atoms with Crippen molar-refractivity contribution in [1.82, 2.24) is 15.1 Å². The first-order chi connectivity index (χ1) is 12.6. The van der Waals surface area contributed by atoms with Crippen LogP contribution in [-0.4, -0.2) is 76.9 Å². The molecule has 0 bridgehead atoms. The lowest BCUT2D eigenvalue weighted by Gasteiger charge is -2.29. The molecule has 0 amide bonds. The Bertz CT molecular complexity index is 626. The molecule has 1 N–H and O–H groups in total. The third-order valence-corrected chi connectivity index (χ3v) is 5.69. The predicted octanol–water partition coefficient (Wildman–Crippen LogP) is 1.99. The van der Waals surface area contributed by atoms with Gasteiger partial charge in [0, 0.05) is 38.7 Å². The molecule has 0 radical (unpaired) electrons. The molecule has 0 saturated carbocycles. The van der Waals surface area contributed by atoms with E-state index < -0.39 is 0 Å². The molecule has 2 saturated heterocycles. The molecule has 6 heteroatoms. The molecule has 3 rings (SSSR count). The van der Waals surface area contributed by atoms with Gasteiger partial charge in [-0.2, -0.15) is 0 Å². The Morgan fingerprint density at radius 2 is 2.27 bits per heavy atom. The topological polar surface area (TPSA) is 49.3 Å². The molecule has 26 heavy (non-hydrogen) atoms. The lowest BCUT2D eigenvalue weighted by Crippen LogP contribution is -2.44. The fourth-order valence-corrected chi connectivity index (χ4v) is 4.05. The van der Waals surface area contributed by atoms with Gasteiger partial charge < -0.3 is 24.6 Å². The van der Waals surface area contributed by atoms with E-state index in [-0.39, 0.29) is 6.04 Å². The van der Waals surface area contributed by atoms with Crippen molar-refractivity contribution in [3.63, 3.8) is 0 Å². The minimum absolute atomic E-state index is 0.244. The van der Waals surface area contributed by atoms with Gasteiger partial charge in [-0.1, -0.05) is 12.1 Å². The van der Waals surface area contributed by atoms with Gasteiger partial charge in [0.2, 0.25) is 0 Å². The molecule has 0 aliphatic carbocycles. The number of likely N-dealkylation sites (tertiary alicyclic amines) is 1. The number of aliphatic imine (C=N–C) groups is 1. The maximum Gasteiger partial charge on any atom is 0.193 e. The van der Waals surface area contributed by atoms with Gasteiger partial charge >= 0.3 is 0 Å². The lowest BCUT2D eigenvalue weighted by molar-refractivity contribution is 0.156. The Hall–Kier alpha value is -1.79. The number of methoxy groups -OCH3 is 1. The number of likely N-dealkylation sites (N-methyl/N-ethyl adjacent to an activating group) is 1. The maximum absolute atomic E-state index is 5.65. The smallest absolute Gasteiger partial charge is 0.193 e. The Labute approximate surface area is 157 Å². The van der Waals surface area contributed by atoms with E-state index in [1.54, 1.807) is 7.11 Å². The van der Waals surface area contributed by atoms with Crippen LogP contribution in [0.4, 0.5) is 0 Å². The number of benzene rings is 1. The highest BCUT2D eigenvalue weighted by Gasteiger charge is 2.42. The lowest BCUT2D eigenvalue weighted by atomic mass is 9.87. The molecule has 1 aromatic rings. The van der Waals surface area contributed by atoms with Crippen molar-refractivity contribution in [2.24, 2.45) is 10.4 Å². The normalized spacial score (nSPS) is 24.5. The van der Waals surface area contributed by atoms with E-state index in [4.69, 9.17) is 9.47 Å². The standard InChI is InChI=1S/C20H32N4O2/c1-21-19(24-10-8-20(14-24)9-11-26-15-20)22-13-18(23(2)3)16-6-5-7-17(12-16)25-4/h5-7,12,18H,8-11,13-15H2,1-4H3,(H,21,22). The van der Waals surface area contributed by atoms with Crippen molar-refractivity contribution in [2.75, 3.05) is 61.1 Å². The fourth-order valence-electron chi connectivity index (χ4n) is 4.05. The monoisotopic (exact) mass is 360 g/mol. The van der Waals surface area contributed by atoms with Crippen LogP contribution in [0.5, 0.6) is 5.75 Å². The number of nitrogens with one attached hydrogen (secondary N) is 1. The summed E-state index contributed by atoms with van der Waals surface area (Å²) in [6, 6.07) is 8.53. The summed E-state index contributed by atoms with van der Waals surface area (Å²) in [7, 11) is 7.79. The average molecular weight is 361 g/mol. The van der Waals surface area contributed by atoms with E-state index in [9.17, 15) is 0 Å². The zero-order valence-electron chi connectivity index (χ0n) is 16.5. The highest BCUT2D eigenvalue weighted by atomic mass is 16.5. The van der Waals surface area contributed by atoms with Crippen LogP contribution in [0.3, 0.4) is 0 Å². The van der Waals surface area contributed by atoms with Crippen molar-refractivity contribution in [1.29, 1.82) is 0 Å². The summed E-state index contributed by atoms with van der Waals surface area (Å²) in [6.07, 6.45) is 2.37. The zero-order valence-corrected chi connectivity index (χ0v) is 16.5. The van der Waals surface area contributed by atoms with E-state index >= 15 is 0 Å². The fraction of sp³-hybridized carbons (Fsp3) is 0.650. The summed E-state index contributed by atoms with van der Waals surface area (Å²) >= 11 is 0. The molecule has 2 fully saturated rings. The van der Waals surface area contributed by atoms with E-state index in [0.717, 1.165) is 44.6 Å². The number of hydrogen-bond acceptors (Lipinski definition) is 4. The first kappa shape index (κ1) is 19.0. The number of ether oxygens (including phenoxy) is 2. The first-order valence-electron chi connectivity index (χ1n) is 9.41. The van der Waals surface area contributed by atoms with Gasteiger partial charge in [0.1, 0.15) is 5.75 Å². The summed E-state index contributed by atoms with van der Waals surface area (Å²) in [5.41, 5.74) is 1.57. The van der Waals surface area contributed by atoms with E-state index in [0.29, 0.717) is 5.41 Å². The third kappa shape index (κ3) is 4.13. The molecule has 2 unspecified atom stereocenters. The molecule has 1 spiro atoms. The Kier molecular flexibility index (Phi) is 6.04. The third-order valence-electron chi connectivity index (χ3n) is 5.69. The predicted molar refractivity (Wildman–Crippen MR) is 105 cm³/mol. The molecule has 2 heterocycles. The largest absolute Gasteiger partial charge is 0.497 e. The zero-order chi connectivity index (χ0) is 18.6. The molecule has 2 atom stereocenters. The summed E-state index contributed by atoms with van der Waals surface area (Å²) in [4.78, 5) is 9.14. The van der Waals surface area contributed by atoms with Crippen LogP contribution in [0.25, 0.3) is 0 Å². The van der Waals surface area contributed by atoms with Crippen LogP contribution in [0.15, 0.2) is 29.3 Å². The summed E-state index contributed by atoms with van der Waals surface area (Å²) in [6.45, 7) is 4.68. The average Bonchev–Trinajstić information content (AvgIpc) is 3.28. The molecule has 2 aliphatic rings. The number of hydrogen-bond donors (Lipinski definition) is 1. The van der Waals surface area contributed by atoms with Crippen molar-refractivity contribution in [2.45, 2.75) is 18.9 Å². The second kappa shape index (κ2) is 8.27. The Morgan fingerprint density at radius 3 is 2.92 bits per heavy atom. The highest BCUT2D eigenvalue weighted by Crippen LogP contribution is 2.38. The van der Waals surface area contributed by atoms with Gasteiger partial charge in [0.25, 0.3) is 0 Å². The maximum atomic E-state index is 5.65. The van der Waals surface area contributed by atoms with Crippen LogP contribution < -0.4 is 10.1 Å². The van der Waals surface area contributed by atoms with Crippen LogP contribution in [0.1, 0.15) is 24.4 Å². The molecule has 2 aliphatic heterocycles. The van der Waals surface area contributed by atoms with E-state index in [1.807, 2.05) is 19.2 Å². The van der Waals surface area contributed by atoms with Gasteiger partial charge in [-0.25, -0.2) is 0 Å². The van der Waals surface area contributed by atoms with Gasteiger partial charge in [0.05, 0.1) is 19.8 Å². The quantitative estimate of drug-likeness (QED) is 0.643. The van der Waals surface area contributed by atoms with E-state index in [1.165, 1.54) is 18.4 Å². The van der Waals surface area contributed by atoms with E-state index in [2.05, 4.69) is 46.3 Å². The second-order valence-electron chi connectivity index (χ2n) is 7.66. The number of nitrogens with zero attached hydrogens (tertiary/aromatic N) is 3. The second-order valence-corrected chi connectivity index (χ2v) is 7.66. The minimum Gasteiger partial charge on any atom is -0.497 e. The molecular weight excluding hydrogens is 328 g/mol. The first-order valence-corrected chi connectivity index (χ1v) is 9.41. The van der Waals surface area contributed by atoms with Crippen LogP contribution >= 0.6 is 0 Å². The SMILES string of the molecule is CN=C(NCC(c1cccc(OC)c1)N(C)C)N1CCC2(CCOC2)C1. The summed E-state index contributed by atoms with van der Waals surface area (Å²) < 4.78 is 11.0. The molecule has 144 valence electrons. The summed E-state index contributed by atoms with van der Waals surface area (Å²) in [5, 5.41) is 3.59. The number of rotatable bonds is 5. The minimum atomic E-state index is 0.244. The van der Waals surface area contributed by atoms with Gasteiger partial charge in [-0.3, -0.25) is 4.99 Å². The molecular formula is C20H32N4O2. The van der Waals surface area contributed by atoms with Crippen LogP contribution in [0.2, 0.25) is 0 Å². The van der Waals surface area contributed by atoms with Crippen LogP contribution in [0, 0.1) is 5.41 Å². The van der Waals surface area contributed by atoms with Crippen molar-refractivity contribution >= 4 is 5.96 Å². The van der Waals surface area contributed by atoms with Gasteiger partial charge in [-0.05, 0) is 44.6 Å². The highest BCUT2D eigenvalue weighted by molar-refractivity contribution is 5.80. The molecule has 6 nitrogen and oxygen atoms in total.